The summed E-state index contributed by atoms with van der Waals surface area (Å²) in [7, 11) is 0. The molecule has 0 radical (unpaired) electrons. The van der Waals surface area contributed by atoms with E-state index in [0.29, 0.717) is 16.6 Å². The van der Waals surface area contributed by atoms with E-state index in [2.05, 4.69) is 10.4 Å². The number of imide groups is 1. The van der Waals surface area contributed by atoms with Gasteiger partial charge in [-0.05, 0) is 26.8 Å². The number of carbonyl (C=O) groups is 3. The van der Waals surface area contributed by atoms with Crippen molar-refractivity contribution in [3.63, 3.8) is 0 Å². The van der Waals surface area contributed by atoms with E-state index in [0.717, 1.165) is 15.7 Å². The zero-order chi connectivity index (χ0) is 19.8. The fourth-order valence-corrected chi connectivity index (χ4v) is 2.68. The molecule has 2 aromatic rings. The van der Waals surface area contributed by atoms with Gasteiger partial charge in [0.25, 0.3) is 11.8 Å². The van der Waals surface area contributed by atoms with Crippen molar-refractivity contribution < 1.29 is 24.2 Å². The summed E-state index contributed by atoms with van der Waals surface area (Å²) in [5, 5.41) is 16.6. The van der Waals surface area contributed by atoms with Crippen molar-refractivity contribution in [2.45, 2.75) is 26.4 Å². The molecule has 1 aromatic heterocycles. The highest BCUT2D eigenvalue weighted by atomic mass is 16.6. The highest BCUT2D eigenvalue weighted by molar-refractivity contribution is 6.18. The Morgan fingerprint density at radius 3 is 2.70 bits per heavy atom. The van der Waals surface area contributed by atoms with E-state index < -0.39 is 23.5 Å². The molecule has 0 atom stereocenters. The van der Waals surface area contributed by atoms with Gasteiger partial charge < -0.3 is 15.2 Å². The Kier molecular flexibility index (Phi) is 4.71. The van der Waals surface area contributed by atoms with Crippen molar-refractivity contribution in [2.24, 2.45) is 0 Å². The standard InChI is InChI=1S/C18H20N4O5/c1-18(2,3)27-17(26)22-15-11(10-19-22)5-4-6-12(15)20-13-9-14(24)21(7-8-23)16(13)25/h4-6,9-10,20,23H,7-8H2,1-3H3. The molecule has 0 aliphatic carbocycles. The Balaban J connectivity index is 1.95. The molecule has 0 bridgehead atoms. The van der Waals surface area contributed by atoms with Crippen LogP contribution < -0.4 is 5.32 Å². The summed E-state index contributed by atoms with van der Waals surface area (Å²) in [5.41, 5.74) is 0.208. The number of nitrogens with one attached hydrogen (secondary N) is 1. The minimum absolute atomic E-state index is 0.0536. The fourth-order valence-electron chi connectivity index (χ4n) is 2.68. The number of aliphatic hydroxyl groups excluding tert-OH is 1. The van der Waals surface area contributed by atoms with Gasteiger partial charge in [0.15, 0.2) is 0 Å². The summed E-state index contributed by atoms with van der Waals surface area (Å²) >= 11 is 0. The Bertz CT molecular complexity index is 954. The van der Waals surface area contributed by atoms with Crippen LogP contribution in [0.15, 0.2) is 36.2 Å². The van der Waals surface area contributed by atoms with E-state index in [1.54, 1.807) is 39.0 Å². The molecule has 1 aliphatic rings. The maximum absolute atomic E-state index is 12.5. The predicted octanol–water partition coefficient (Wildman–Crippen LogP) is 1.48. The van der Waals surface area contributed by atoms with Crippen LogP contribution in [0.3, 0.4) is 0 Å². The van der Waals surface area contributed by atoms with Gasteiger partial charge >= 0.3 is 6.09 Å². The van der Waals surface area contributed by atoms with E-state index in [1.807, 2.05) is 0 Å². The number of amides is 2. The Morgan fingerprint density at radius 2 is 2.04 bits per heavy atom. The lowest BCUT2D eigenvalue weighted by atomic mass is 10.2. The number of aliphatic hydroxyl groups is 1. The highest BCUT2D eigenvalue weighted by Crippen LogP contribution is 2.27. The van der Waals surface area contributed by atoms with E-state index in [-0.39, 0.29) is 18.8 Å². The maximum Gasteiger partial charge on any atom is 0.435 e. The van der Waals surface area contributed by atoms with Crippen molar-refractivity contribution in [1.82, 2.24) is 14.7 Å². The summed E-state index contributed by atoms with van der Waals surface area (Å²) in [5.74, 6) is -1.06. The number of fused-ring (bicyclic) bond motifs is 1. The molecule has 1 aromatic carbocycles. The van der Waals surface area contributed by atoms with Crippen LogP contribution in [0, 0.1) is 0 Å². The predicted molar refractivity (Wildman–Crippen MR) is 96.9 cm³/mol. The van der Waals surface area contributed by atoms with Crippen LogP contribution in [0.4, 0.5) is 10.5 Å². The number of ether oxygens (including phenoxy) is 1. The number of carbonyl (C=O) groups excluding carboxylic acids is 3. The third kappa shape index (κ3) is 3.68. The largest absolute Gasteiger partial charge is 0.442 e. The molecule has 2 amide bonds. The summed E-state index contributed by atoms with van der Waals surface area (Å²) in [6.45, 7) is 4.84. The molecule has 9 heteroatoms. The topological polar surface area (TPSA) is 114 Å². The first-order valence-electron chi connectivity index (χ1n) is 8.37. The monoisotopic (exact) mass is 372 g/mol. The van der Waals surface area contributed by atoms with Crippen molar-refractivity contribution in [2.75, 3.05) is 18.5 Å². The first-order chi connectivity index (χ1) is 12.7. The van der Waals surface area contributed by atoms with Crippen LogP contribution in [0.25, 0.3) is 10.9 Å². The van der Waals surface area contributed by atoms with Crippen LogP contribution in [-0.2, 0) is 14.3 Å². The summed E-state index contributed by atoms with van der Waals surface area (Å²) in [6, 6.07) is 5.17. The molecule has 142 valence electrons. The van der Waals surface area contributed by atoms with E-state index in [9.17, 15) is 14.4 Å². The summed E-state index contributed by atoms with van der Waals surface area (Å²) < 4.78 is 6.47. The minimum Gasteiger partial charge on any atom is -0.442 e. The Labute approximate surface area is 155 Å². The third-order valence-corrected chi connectivity index (χ3v) is 3.76. The zero-order valence-corrected chi connectivity index (χ0v) is 15.2. The van der Waals surface area contributed by atoms with Gasteiger partial charge in [-0.15, -0.1) is 0 Å². The highest BCUT2D eigenvalue weighted by Gasteiger charge is 2.31. The molecule has 2 heterocycles. The van der Waals surface area contributed by atoms with Gasteiger partial charge in [-0.1, -0.05) is 12.1 Å². The number of aromatic nitrogens is 2. The van der Waals surface area contributed by atoms with Gasteiger partial charge in [-0.25, -0.2) is 4.79 Å². The van der Waals surface area contributed by atoms with Gasteiger partial charge in [0.2, 0.25) is 0 Å². The van der Waals surface area contributed by atoms with E-state index >= 15 is 0 Å². The zero-order valence-electron chi connectivity index (χ0n) is 15.2. The van der Waals surface area contributed by atoms with Crippen LogP contribution in [0.2, 0.25) is 0 Å². The summed E-state index contributed by atoms with van der Waals surface area (Å²) in [4.78, 5) is 37.6. The third-order valence-electron chi connectivity index (χ3n) is 3.76. The molecule has 2 N–H and O–H groups in total. The molecule has 0 saturated heterocycles. The second kappa shape index (κ2) is 6.84. The second-order valence-corrected chi connectivity index (χ2v) is 6.98. The molecule has 3 rings (SSSR count). The van der Waals surface area contributed by atoms with Gasteiger partial charge in [0.05, 0.1) is 25.0 Å². The van der Waals surface area contributed by atoms with Crippen molar-refractivity contribution in [3.8, 4) is 0 Å². The lowest BCUT2D eigenvalue weighted by molar-refractivity contribution is -0.137. The number of nitrogens with zero attached hydrogens (tertiary/aromatic N) is 3. The Hall–Kier alpha value is -3.20. The molecule has 27 heavy (non-hydrogen) atoms. The molecular formula is C18H20N4O5. The molecule has 0 saturated carbocycles. The van der Waals surface area contributed by atoms with Gasteiger partial charge in [-0.2, -0.15) is 9.78 Å². The molecule has 0 unspecified atom stereocenters. The number of hydrogen-bond acceptors (Lipinski definition) is 7. The molecular weight excluding hydrogens is 352 g/mol. The molecule has 0 spiro atoms. The van der Waals surface area contributed by atoms with E-state index in [4.69, 9.17) is 9.84 Å². The molecule has 0 fully saturated rings. The van der Waals surface area contributed by atoms with Crippen molar-refractivity contribution >= 4 is 34.5 Å². The minimum atomic E-state index is -0.696. The van der Waals surface area contributed by atoms with Gasteiger partial charge in [-0.3, -0.25) is 14.5 Å². The molecule has 9 nitrogen and oxygen atoms in total. The lowest BCUT2D eigenvalue weighted by Crippen LogP contribution is -2.34. The first-order valence-corrected chi connectivity index (χ1v) is 8.37. The molecule has 1 aliphatic heterocycles. The lowest BCUT2D eigenvalue weighted by Gasteiger charge is -2.19. The quantitative estimate of drug-likeness (QED) is 0.781. The van der Waals surface area contributed by atoms with Crippen LogP contribution in [-0.4, -0.2) is 56.4 Å². The number of rotatable bonds is 4. The van der Waals surface area contributed by atoms with Gasteiger partial charge in [0, 0.05) is 11.5 Å². The maximum atomic E-state index is 12.5. The van der Waals surface area contributed by atoms with Crippen molar-refractivity contribution in [3.05, 3.63) is 36.2 Å². The first kappa shape index (κ1) is 18.6. The average molecular weight is 372 g/mol. The Morgan fingerprint density at radius 1 is 1.30 bits per heavy atom. The van der Waals surface area contributed by atoms with Gasteiger partial charge in [0.1, 0.15) is 16.8 Å². The van der Waals surface area contributed by atoms with Crippen molar-refractivity contribution in [1.29, 1.82) is 0 Å². The van der Waals surface area contributed by atoms with Crippen LogP contribution in [0.1, 0.15) is 20.8 Å². The smallest absolute Gasteiger partial charge is 0.435 e. The van der Waals surface area contributed by atoms with Crippen LogP contribution >= 0.6 is 0 Å². The van der Waals surface area contributed by atoms with Crippen LogP contribution in [0.5, 0.6) is 0 Å². The normalized spacial score (nSPS) is 14.7. The average Bonchev–Trinajstić information content (AvgIpc) is 3.11. The number of benzene rings is 1. The summed E-state index contributed by atoms with van der Waals surface area (Å²) in [6.07, 6.45) is 2.01. The second-order valence-electron chi connectivity index (χ2n) is 6.98. The number of hydrogen-bond donors (Lipinski definition) is 2. The number of β-amino-alcohol motifs (C(OH)–C–C–N with tert-alkyl or cyclic N) is 1. The number of anilines is 1. The van der Waals surface area contributed by atoms with E-state index in [1.165, 1.54) is 6.20 Å². The number of para-hydroxylation sites is 1. The SMILES string of the molecule is CC(C)(C)OC(=O)n1ncc2cccc(NC3=CC(=O)N(CCO)C3=O)c21. The fraction of sp³-hybridized carbons (Fsp3) is 0.333.